The second kappa shape index (κ2) is 9.38. The standard InChI is InChI=1S/C17H20N2O4/c1-12-4-6-14(7-5-12)10-15(11-18)17(21)23-13(2)16(20)19-8-9-22-3/h4-7,10,13H,8-9H2,1-3H3,(H,19,20)/b15-10+/t13-/m1/s1. The fourth-order valence-corrected chi connectivity index (χ4v) is 1.66. The molecular formula is C17H20N2O4. The molecule has 1 aromatic rings. The lowest BCUT2D eigenvalue weighted by atomic mass is 10.1. The van der Waals surface area contributed by atoms with Gasteiger partial charge in [0.1, 0.15) is 11.6 Å². The summed E-state index contributed by atoms with van der Waals surface area (Å²) in [5.41, 5.74) is 1.62. The van der Waals surface area contributed by atoms with Crippen LogP contribution in [0.1, 0.15) is 18.1 Å². The van der Waals surface area contributed by atoms with Gasteiger partial charge in [-0.2, -0.15) is 5.26 Å². The number of amides is 1. The van der Waals surface area contributed by atoms with Crippen LogP contribution in [0.3, 0.4) is 0 Å². The number of esters is 1. The summed E-state index contributed by atoms with van der Waals surface area (Å²) in [6.45, 7) is 4.07. The molecule has 0 heterocycles. The van der Waals surface area contributed by atoms with Gasteiger partial charge >= 0.3 is 5.97 Å². The number of hydrogen-bond acceptors (Lipinski definition) is 5. The summed E-state index contributed by atoms with van der Waals surface area (Å²) in [7, 11) is 1.52. The monoisotopic (exact) mass is 316 g/mol. The molecule has 23 heavy (non-hydrogen) atoms. The Hall–Kier alpha value is -2.65. The maximum Gasteiger partial charge on any atom is 0.349 e. The molecule has 1 rings (SSSR count). The molecule has 1 amide bonds. The zero-order chi connectivity index (χ0) is 17.2. The van der Waals surface area contributed by atoms with E-state index in [0.29, 0.717) is 18.7 Å². The highest BCUT2D eigenvalue weighted by Crippen LogP contribution is 2.10. The van der Waals surface area contributed by atoms with Crippen LogP contribution in [0.15, 0.2) is 29.8 Å². The molecule has 0 aliphatic heterocycles. The van der Waals surface area contributed by atoms with E-state index in [-0.39, 0.29) is 5.57 Å². The highest BCUT2D eigenvalue weighted by atomic mass is 16.5. The maximum atomic E-state index is 12.0. The second-order valence-electron chi connectivity index (χ2n) is 4.91. The Morgan fingerprint density at radius 3 is 2.57 bits per heavy atom. The molecule has 0 fully saturated rings. The van der Waals surface area contributed by atoms with E-state index in [1.807, 2.05) is 19.1 Å². The van der Waals surface area contributed by atoms with Gasteiger partial charge in [0, 0.05) is 13.7 Å². The zero-order valence-corrected chi connectivity index (χ0v) is 13.5. The van der Waals surface area contributed by atoms with Gasteiger partial charge in [0.25, 0.3) is 5.91 Å². The molecule has 0 saturated carbocycles. The quantitative estimate of drug-likeness (QED) is 0.357. The highest BCUT2D eigenvalue weighted by molar-refractivity contribution is 5.99. The van der Waals surface area contributed by atoms with Crippen LogP contribution in [-0.2, 0) is 19.1 Å². The smallest absolute Gasteiger partial charge is 0.349 e. The van der Waals surface area contributed by atoms with Crippen LogP contribution < -0.4 is 5.32 Å². The first-order chi connectivity index (χ1) is 11.0. The van der Waals surface area contributed by atoms with Gasteiger partial charge in [-0.05, 0) is 25.5 Å². The van der Waals surface area contributed by atoms with Crippen molar-refractivity contribution in [2.24, 2.45) is 0 Å². The molecule has 0 aromatic heterocycles. The van der Waals surface area contributed by atoms with Crippen LogP contribution in [0, 0.1) is 18.3 Å². The van der Waals surface area contributed by atoms with Crippen LogP contribution in [0.4, 0.5) is 0 Å². The van der Waals surface area contributed by atoms with Gasteiger partial charge in [-0.3, -0.25) is 4.79 Å². The average molecular weight is 316 g/mol. The Balaban J connectivity index is 2.68. The number of aryl methyl sites for hydroxylation is 1. The molecule has 0 aliphatic carbocycles. The van der Waals surface area contributed by atoms with Crippen molar-refractivity contribution in [1.82, 2.24) is 5.32 Å². The number of carbonyl (C=O) groups excluding carboxylic acids is 2. The molecule has 1 atom stereocenters. The summed E-state index contributed by atoms with van der Waals surface area (Å²) in [6, 6.07) is 9.13. The van der Waals surface area contributed by atoms with E-state index in [1.165, 1.54) is 20.1 Å². The Morgan fingerprint density at radius 1 is 1.35 bits per heavy atom. The zero-order valence-electron chi connectivity index (χ0n) is 13.5. The van der Waals surface area contributed by atoms with E-state index in [9.17, 15) is 9.59 Å². The number of ether oxygens (including phenoxy) is 2. The van der Waals surface area contributed by atoms with Crippen LogP contribution in [0.5, 0.6) is 0 Å². The van der Waals surface area contributed by atoms with Crippen molar-refractivity contribution in [2.45, 2.75) is 20.0 Å². The minimum atomic E-state index is -0.992. The summed E-state index contributed by atoms with van der Waals surface area (Å²) < 4.78 is 9.82. The van der Waals surface area contributed by atoms with Gasteiger partial charge in [0.15, 0.2) is 6.10 Å². The molecule has 1 N–H and O–H groups in total. The number of benzene rings is 1. The first kappa shape index (κ1) is 18.4. The lowest BCUT2D eigenvalue weighted by molar-refractivity contribution is -0.150. The molecule has 0 radical (unpaired) electrons. The summed E-state index contributed by atoms with van der Waals surface area (Å²) in [5.74, 6) is -1.27. The number of carbonyl (C=O) groups is 2. The second-order valence-corrected chi connectivity index (χ2v) is 4.91. The minimum absolute atomic E-state index is 0.162. The number of methoxy groups -OCH3 is 1. The molecular weight excluding hydrogens is 296 g/mol. The summed E-state index contributed by atoms with van der Waals surface area (Å²) >= 11 is 0. The van der Waals surface area contributed by atoms with Gasteiger partial charge in [-0.25, -0.2) is 4.79 Å². The first-order valence-electron chi connectivity index (χ1n) is 7.14. The summed E-state index contributed by atoms with van der Waals surface area (Å²) in [4.78, 5) is 23.7. The predicted octanol–water partition coefficient (Wildman–Crippen LogP) is 1.60. The predicted molar refractivity (Wildman–Crippen MR) is 85.2 cm³/mol. The van der Waals surface area contributed by atoms with E-state index in [4.69, 9.17) is 14.7 Å². The Bertz CT molecular complexity index is 614. The highest BCUT2D eigenvalue weighted by Gasteiger charge is 2.20. The van der Waals surface area contributed by atoms with E-state index >= 15 is 0 Å². The van der Waals surface area contributed by atoms with Crippen LogP contribution in [0.25, 0.3) is 6.08 Å². The van der Waals surface area contributed by atoms with Gasteiger partial charge < -0.3 is 14.8 Å². The van der Waals surface area contributed by atoms with E-state index in [1.54, 1.807) is 18.2 Å². The third-order valence-electron chi connectivity index (χ3n) is 2.99. The Morgan fingerprint density at radius 2 is 2.00 bits per heavy atom. The molecule has 0 aliphatic rings. The van der Waals surface area contributed by atoms with Crippen molar-refractivity contribution in [2.75, 3.05) is 20.3 Å². The van der Waals surface area contributed by atoms with Crippen LogP contribution in [-0.4, -0.2) is 38.2 Å². The Labute approximate surface area is 135 Å². The lowest BCUT2D eigenvalue weighted by Crippen LogP contribution is -2.37. The molecule has 122 valence electrons. The van der Waals surface area contributed by atoms with Gasteiger partial charge in [0.05, 0.1) is 6.61 Å². The lowest BCUT2D eigenvalue weighted by Gasteiger charge is -2.12. The van der Waals surface area contributed by atoms with Crippen LogP contribution >= 0.6 is 0 Å². The van der Waals surface area contributed by atoms with E-state index in [0.717, 1.165) is 5.56 Å². The van der Waals surface area contributed by atoms with Gasteiger partial charge in [-0.15, -0.1) is 0 Å². The molecule has 0 bridgehead atoms. The van der Waals surface area contributed by atoms with Crippen molar-refractivity contribution in [1.29, 1.82) is 5.26 Å². The molecule has 6 nitrogen and oxygen atoms in total. The number of nitrogens with one attached hydrogen (secondary N) is 1. The fraction of sp³-hybridized carbons (Fsp3) is 0.353. The van der Waals surface area contributed by atoms with Gasteiger partial charge in [-0.1, -0.05) is 29.8 Å². The molecule has 0 spiro atoms. The fourth-order valence-electron chi connectivity index (χ4n) is 1.66. The number of rotatable bonds is 7. The van der Waals surface area contributed by atoms with Crippen molar-refractivity contribution in [3.63, 3.8) is 0 Å². The number of hydrogen-bond donors (Lipinski definition) is 1. The van der Waals surface area contributed by atoms with Crippen LogP contribution in [0.2, 0.25) is 0 Å². The number of nitrogens with zero attached hydrogens (tertiary/aromatic N) is 1. The van der Waals surface area contributed by atoms with Crippen molar-refractivity contribution < 1.29 is 19.1 Å². The largest absolute Gasteiger partial charge is 0.448 e. The SMILES string of the molecule is COCCNC(=O)[C@@H](C)OC(=O)/C(C#N)=C/c1ccc(C)cc1. The van der Waals surface area contributed by atoms with Gasteiger partial charge in [0.2, 0.25) is 0 Å². The minimum Gasteiger partial charge on any atom is -0.448 e. The van der Waals surface area contributed by atoms with E-state index in [2.05, 4.69) is 5.32 Å². The summed E-state index contributed by atoms with van der Waals surface area (Å²) in [5, 5.41) is 11.7. The van der Waals surface area contributed by atoms with Crippen molar-refractivity contribution in [3.8, 4) is 6.07 Å². The normalized spacial score (nSPS) is 12.2. The van der Waals surface area contributed by atoms with Crippen molar-refractivity contribution >= 4 is 18.0 Å². The summed E-state index contributed by atoms with van der Waals surface area (Å²) in [6.07, 6.45) is 0.436. The maximum absolute atomic E-state index is 12.0. The van der Waals surface area contributed by atoms with E-state index < -0.39 is 18.0 Å². The topological polar surface area (TPSA) is 88.4 Å². The van der Waals surface area contributed by atoms with Crippen molar-refractivity contribution in [3.05, 3.63) is 41.0 Å². The molecule has 1 aromatic carbocycles. The molecule has 0 saturated heterocycles. The molecule has 0 unspecified atom stereocenters. The molecule has 6 heteroatoms. The third-order valence-corrected chi connectivity index (χ3v) is 2.99. The Kier molecular flexibility index (Phi) is 7.51. The number of nitriles is 1. The third kappa shape index (κ3) is 6.32. The average Bonchev–Trinajstić information content (AvgIpc) is 2.54. The first-order valence-corrected chi connectivity index (χ1v) is 7.14.